The summed E-state index contributed by atoms with van der Waals surface area (Å²) in [7, 11) is 1.73. The molecule has 0 radical (unpaired) electrons. The summed E-state index contributed by atoms with van der Waals surface area (Å²) in [6, 6.07) is 5.22. The number of halogens is 2. The van der Waals surface area contributed by atoms with Crippen LogP contribution in [0.4, 0.5) is 4.39 Å². The molecule has 0 saturated heterocycles. The lowest BCUT2D eigenvalue weighted by atomic mass is 10.0. The Kier molecular flexibility index (Phi) is 7.57. The minimum Gasteiger partial charge on any atom is -0.382 e. The van der Waals surface area contributed by atoms with E-state index >= 15 is 0 Å². The Morgan fingerprint density at radius 2 is 2.16 bits per heavy atom. The quantitative estimate of drug-likeness (QED) is 0.779. The first kappa shape index (κ1) is 16.6. The van der Waals surface area contributed by atoms with E-state index in [2.05, 4.69) is 35.1 Å². The number of methoxy groups -OCH3 is 1. The molecule has 2 atom stereocenters. The molecule has 0 aromatic heterocycles. The van der Waals surface area contributed by atoms with Crippen LogP contribution in [0.3, 0.4) is 0 Å². The third-order valence-electron chi connectivity index (χ3n) is 3.18. The molecule has 1 aromatic carbocycles. The Hall–Kier alpha value is -0.450. The summed E-state index contributed by atoms with van der Waals surface area (Å²) < 4.78 is 19.3. The van der Waals surface area contributed by atoms with Gasteiger partial charge in [-0.25, -0.2) is 4.39 Å². The zero-order valence-corrected chi connectivity index (χ0v) is 13.5. The Labute approximate surface area is 123 Å². The molecule has 19 heavy (non-hydrogen) atoms. The van der Waals surface area contributed by atoms with Crippen molar-refractivity contribution in [2.24, 2.45) is 0 Å². The molecule has 0 fully saturated rings. The maximum Gasteiger partial charge on any atom is 0.124 e. The van der Waals surface area contributed by atoms with Gasteiger partial charge in [0.25, 0.3) is 0 Å². The molecule has 0 heterocycles. The normalized spacial score (nSPS) is 14.4. The van der Waals surface area contributed by atoms with E-state index in [0.29, 0.717) is 6.04 Å². The molecule has 0 amide bonds. The third-order valence-corrected chi connectivity index (χ3v) is 3.92. The van der Waals surface area contributed by atoms with Crippen LogP contribution in [0, 0.1) is 5.82 Å². The first-order valence-electron chi connectivity index (χ1n) is 6.76. The van der Waals surface area contributed by atoms with Crippen LogP contribution in [-0.2, 0) is 11.2 Å². The topological polar surface area (TPSA) is 21.3 Å². The number of hydrogen-bond acceptors (Lipinski definition) is 2. The lowest BCUT2D eigenvalue weighted by Gasteiger charge is -2.22. The summed E-state index contributed by atoms with van der Waals surface area (Å²) in [6.07, 6.45) is 3.13. The molecule has 0 aliphatic carbocycles. The zero-order chi connectivity index (χ0) is 14.3. The lowest BCUT2D eigenvalue weighted by molar-refractivity contribution is 0.100. The highest BCUT2D eigenvalue weighted by Crippen LogP contribution is 2.20. The second-order valence-electron chi connectivity index (χ2n) is 4.87. The van der Waals surface area contributed by atoms with E-state index in [0.717, 1.165) is 35.8 Å². The van der Waals surface area contributed by atoms with Crippen molar-refractivity contribution in [3.05, 3.63) is 34.1 Å². The molecule has 0 aliphatic heterocycles. The van der Waals surface area contributed by atoms with Gasteiger partial charge in [-0.05, 0) is 50.4 Å². The molecule has 0 aliphatic rings. The Balaban J connectivity index is 2.69. The Morgan fingerprint density at radius 3 is 2.74 bits per heavy atom. The smallest absolute Gasteiger partial charge is 0.124 e. The number of ether oxygens (including phenoxy) is 1. The molecule has 0 spiro atoms. The molecule has 0 saturated carbocycles. The van der Waals surface area contributed by atoms with E-state index in [1.54, 1.807) is 7.11 Å². The summed E-state index contributed by atoms with van der Waals surface area (Å²) >= 11 is 3.43. The third kappa shape index (κ3) is 6.02. The van der Waals surface area contributed by atoms with Crippen LogP contribution in [0.2, 0.25) is 0 Å². The van der Waals surface area contributed by atoms with Crippen molar-refractivity contribution in [1.29, 1.82) is 0 Å². The standard InChI is InChI=1S/C15H23BrFNO/c1-4-7-18-14(8-11(2)19-3)9-12-5-6-13(17)10-15(12)16/h5-6,10-11,14,18H,4,7-9H2,1-3H3. The molecule has 108 valence electrons. The first-order valence-corrected chi connectivity index (χ1v) is 7.56. The average molecular weight is 332 g/mol. The van der Waals surface area contributed by atoms with Crippen molar-refractivity contribution < 1.29 is 9.13 Å². The van der Waals surface area contributed by atoms with Crippen molar-refractivity contribution in [2.75, 3.05) is 13.7 Å². The van der Waals surface area contributed by atoms with E-state index in [-0.39, 0.29) is 11.9 Å². The molecule has 2 nitrogen and oxygen atoms in total. The van der Waals surface area contributed by atoms with Gasteiger partial charge >= 0.3 is 0 Å². The van der Waals surface area contributed by atoms with Crippen LogP contribution in [0.15, 0.2) is 22.7 Å². The largest absolute Gasteiger partial charge is 0.382 e. The van der Waals surface area contributed by atoms with Crippen molar-refractivity contribution in [1.82, 2.24) is 5.32 Å². The highest BCUT2D eigenvalue weighted by Gasteiger charge is 2.14. The summed E-state index contributed by atoms with van der Waals surface area (Å²) in [5.41, 5.74) is 1.12. The van der Waals surface area contributed by atoms with Crippen LogP contribution in [0.25, 0.3) is 0 Å². The summed E-state index contributed by atoms with van der Waals surface area (Å²) in [6.45, 7) is 5.21. The van der Waals surface area contributed by atoms with Gasteiger partial charge in [0.1, 0.15) is 5.82 Å². The van der Waals surface area contributed by atoms with Crippen LogP contribution in [0.5, 0.6) is 0 Å². The van der Waals surface area contributed by atoms with E-state index in [1.165, 1.54) is 12.1 Å². The van der Waals surface area contributed by atoms with Crippen molar-refractivity contribution in [3.63, 3.8) is 0 Å². The summed E-state index contributed by atoms with van der Waals surface area (Å²) in [5.74, 6) is -0.209. The second-order valence-corrected chi connectivity index (χ2v) is 5.73. The van der Waals surface area contributed by atoms with Crippen molar-refractivity contribution >= 4 is 15.9 Å². The zero-order valence-electron chi connectivity index (χ0n) is 11.9. The summed E-state index contributed by atoms with van der Waals surface area (Å²) in [5, 5.41) is 3.53. The van der Waals surface area contributed by atoms with Crippen molar-refractivity contribution in [3.8, 4) is 0 Å². The van der Waals surface area contributed by atoms with E-state index in [1.807, 2.05) is 6.07 Å². The fraction of sp³-hybridized carbons (Fsp3) is 0.600. The van der Waals surface area contributed by atoms with E-state index < -0.39 is 0 Å². The molecular weight excluding hydrogens is 309 g/mol. The van der Waals surface area contributed by atoms with Gasteiger partial charge < -0.3 is 10.1 Å². The predicted molar refractivity (Wildman–Crippen MR) is 81.0 cm³/mol. The lowest BCUT2D eigenvalue weighted by Crippen LogP contribution is -2.35. The van der Waals surface area contributed by atoms with Gasteiger partial charge in [-0.3, -0.25) is 0 Å². The molecular formula is C15H23BrFNO. The number of rotatable bonds is 8. The molecule has 1 N–H and O–H groups in total. The molecule has 2 unspecified atom stereocenters. The number of benzene rings is 1. The first-order chi connectivity index (χ1) is 9.06. The highest BCUT2D eigenvalue weighted by atomic mass is 79.9. The van der Waals surface area contributed by atoms with Gasteiger partial charge in [-0.15, -0.1) is 0 Å². The summed E-state index contributed by atoms with van der Waals surface area (Å²) in [4.78, 5) is 0. The van der Waals surface area contributed by atoms with Crippen LogP contribution >= 0.6 is 15.9 Å². The van der Waals surface area contributed by atoms with Gasteiger partial charge in [-0.1, -0.05) is 28.9 Å². The Bertz CT molecular complexity index is 386. The van der Waals surface area contributed by atoms with Gasteiger partial charge in [0.15, 0.2) is 0 Å². The minimum absolute atomic E-state index is 0.209. The molecule has 0 bridgehead atoms. The number of hydrogen-bond donors (Lipinski definition) is 1. The van der Waals surface area contributed by atoms with Crippen LogP contribution in [0.1, 0.15) is 32.3 Å². The van der Waals surface area contributed by atoms with Crippen molar-refractivity contribution in [2.45, 2.75) is 45.3 Å². The van der Waals surface area contributed by atoms with E-state index in [4.69, 9.17) is 4.74 Å². The number of nitrogens with one attached hydrogen (secondary N) is 1. The van der Waals surface area contributed by atoms with Crippen LogP contribution in [-0.4, -0.2) is 25.8 Å². The average Bonchev–Trinajstić information content (AvgIpc) is 2.38. The Morgan fingerprint density at radius 1 is 1.42 bits per heavy atom. The maximum atomic E-state index is 13.1. The fourth-order valence-corrected chi connectivity index (χ4v) is 2.55. The SMILES string of the molecule is CCCNC(Cc1ccc(F)cc1Br)CC(C)OC. The molecule has 4 heteroatoms. The second kappa shape index (κ2) is 8.67. The molecule has 1 rings (SSSR count). The van der Waals surface area contributed by atoms with E-state index in [9.17, 15) is 4.39 Å². The van der Waals surface area contributed by atoms with Gasteiger partial charge in [0.05, 0.1) is 6.10 Å². The van der Waals surface area contributed by atoms with Gasteiger partial charge in [-0.2, -0.15) is 0 Å². The predicted octanol–water partition coefficient (Wildman–Crippen LogP) is 3.92. The van der Waals surface area contributed by atoms with Gasteiger partial charge in [0.2, 0.25) is 0 Å². The minimum atomic E-state index is -0.209. The van der Waals surface area contributed by atoms with Crippen LogP contribution < -0.4 is 5.32 Å². The van der Waals surface area contributed by atoms with Gasteiger partial charge in [0, 0.05) is 17.6 Å². The maximum absolute atomic E-state index is 13.1. The monoisotopic (exact) mass is 331 g/mol. The fourth-order valence-electron chi connectivity index (χ4n) is 2.04. The molecule has 1 aromatic rings. The highest BCUT2D eigenvalue weighted by molar-refractivity contribution is 9.10.